The summed E-state index contributed by atoms with van der Waals surface area (Å²) in [6, 6.07) is 14.8. The molecule has 2 aromatic carbocycles. The number of nitrogens with zero attached hydrogens (tertiary/aromatic N) is 1. The number of nitrogen functional groups attached to an aromatic ring is 1. The molecule has 2 fully saturated rings. The lowest BCUT2D eigenvalue weighted by Gasteiger charge is -2.23. The molecular formula is C19H21N3O2. The summed E-state index contributed by atoms with van der Waals surface area (Å²) in [5.74, 6) is 1.97. The lowest BCUT2D eigenvalue weighted by atomic mass is 9.99. The van der Waals surface area contributed by atoms with E-state index in [1.807, 2.05) is 30.3 Å². The Balaban J connectivity index is 1.39. The fourth-order valence-corrected chi connectivity index (χ4v) is 3.59. The topological polar surface area (TPSA) is 67.6 Å². The zero-order chi connectivity index (χ0) is 16.5. The number of hydrogen-bond acceptors (Lipinski definition) is 4. The van der Waals surface area contributed by atoms with E-state index >= 15 is 0 Å². The summed E-state index contributed by atoms with van der Waals surface area (Å²) in [6.07, 6.45) is 1.19. The minimum atomic E-state index is -0.00995. The Labute approximate surface area is 141 Å². The predicted molar refractivity (Wildman–Crippen MR) is 93.2 cm³/mol. The number of anilines is 1. The van der Waals surface area contributed by atoms with Crippen molar-refractivity contribution < 1.29 is 9.53 Å². The van der Waals surface area contributed by atoms with Gasteiger partial charge >= 0.3 is 0 Å². The summed E-state index contributed by atoms with van der Waals surface area (Å²) in [5.41, 5.74) is 7.06. The van der Waals surface area contributed by atoms with Gasteiger partial charge in [-0.15, -0.1) is 0 Å². The number of ether oxygens (including phenoxy) is 1. The zero-order valence-corrected chi connectivity index (χ0v) is 13.4. The van der Waals surface area contributed by atoms with Crippen molar-refractivity contribution in [3.05, 3.63) is 54.1 Å². The summed E-state index contributed by atoms with van der Waals surface area (Å²) < 4.78 is 5.75. The number of piperidine rings is 1. The molecule has 3 N–H and O–H groups in total. The SMILES string of the molecule is Nc1cccc(Oc2ccc(C(=O)NC3CN4CCC3C4)cc2)c1. The fraction of sp³-hybridized carbons (Fsp3) is 0.316. The van der Waals surface area contributed by atoms with Gasteiger partial charge in [0.15, 0.2) is 0 Å². The Morgan fingerprint density at radius 3 is 2.62 bits per heavy atom. The number of hydrogen-bond donors (Lipinski definition) is 2. The maximum Gasteiger partial charge on any atom is 0.251 e. The second-order valence-corrected chi connectivity index (χ2v) is 6.59. The molecule has 0 radical (unpaired) electrons. The minimum Gasteiger partial charge on any atom is -0.457 e. The lowest BCUT2D eigenvalue weighted by Crippen LogP contribution is -2.43. The van der Waals surface area contributed by atoms with Crippen LogP contribution in [0.5, 0.6) is 11.5 Å². The van der Waals surface area contributed by atoms with Crippen molar-refractivity contribution >= 4 is 11.6 Å². The zero-order valence-electron chi connectivity index (χ0n) is 13.4. The van der Waals surface area contributed by atoms with E-state index in [-0.39, 0.29) is 11.9 Å². The molecule has 24 heavy (non-hydrogen) atoms. The smallest absolute Gasteiger partial charge is 0.251 e. The molecule has 2 aromatic rings. The molecule has 2 bridgehead atoms. The van der Waals surface area contributed by atoms with Crippen LogP contribution in [0.25, 0.3) is 0 Å². The van der Waals surface area contributed by atoms with Gasteiger partial charge in [0, 0.05) is 36.4 Å². The Morgan fingerprint density at radius 2 is 1.96 bits per heavy atom. The maximum absolute atomic E-state index is 12.4. The minimum absolute atomic E-state index is 0.00995. The van der Waals surface area contributed by atoms with Crippen LogP contribution < -0.4 is 15.8 Å². The Bertz CT molecular complexity index is 745. The number of nitrogens with two attached hydrogens (primary N) is 1. The van der Waals surface area contributed by atoms with Gasteiger partial charge in [0.25, 0.3) is 5.91 Å². The van der Waals surface area contributed by atoms with Crippen LogP contribution in [0, 0.1) is 5.92 Å². The first-order chi connectivity index (χ1) is 11.7. The molecule has 0 aliphatic carbocycles. The van der Waals surface area contributed by atoms with Gasteiger partial charge in [0.1, 0.15) is 11.5 Å². The van der Waals surface area contributed by atoms with Crippen LogP contribution in [0.2, 0.25) is 0 Å². The molecule has 1 amide bonds. The molecule has 5 nitrogen and oxygen atoms in total. The van der Waals surface area contributed by atoms with Gasteiger partial charge in [-0.3, -0.25) is 4.79 Å². The largest absolute Gasteiger partial charge is 0.457 e. The molecule has 0 aromatic heterocycles. The van der Waals surface area contributed by atoms with Crippen molar-refractivity contribution in [2.45, 2.75) is 12.5 Å². The van der Waals surface area contributed by atoms with Crippen molar-refractivity contribution in [3.63, 3.8) is 0 Å². The molecule has 124 valence electrons. The van der Waals surface area contributed by atoms with E-state index in [2.05, 4.69) is 10.2 Å². The second kappa shape index (κ2) is 6.17. The van der Waals surface area contributed by atoms with E-state index in [4.69, 9.17) is 10.5 Å². The molecule has 2 saturated heterocycles. The predicted octanol–water partition coefficient (Wildman–Crippen LogP) is 2.50. The fourth-order valence-electron chi connectivity index (χ4n) is 3.59. The molecule has 3 unspecified atom stereocenters. The number of amides is 1. The first-order valence-electron chi connectivity index (χ1n) is 8.34. The van der Waals surface area contributed by atoms with E-state index in [0.29, 0.717) is 28.7 Å². The van der Waals surface area contributed by atoms with E-state index in [0.717, 1.165) is 13.1 Å². The Kier molecular flexibility index (Phi) is 3.86. The highest BCUT2D eigenvalue weighted by atomic mass is 16.5. The molecule has 2 heterocycles. The van der Waals surface area contributed by atoms with Crippen molar-refractivity contribution in [1.82, 2.24) is 10.2 Å². The highest BCUT2D eigenvalue weighted by Crippen LogP contribution is 2.28. The Morgan fingerprint density at radius 1 is 1.12 bits per heavy atom. The molecule has 3 atom stereocenters. The van der Waals surface area contributed by atoms with Crippen LogP contribution in [-0.4, -0.2) is 36.5 Å². The number of rotatable bonds is 4. The van der Waals surface area contributed by atoms with Crippen molar-refractivity contribution in [2.75, 3.05) is 25.4 Å². The summed E-state index contributed by atoms with van der Waals surface area (Å²) >= 11 is 0. The number of fused-ring (bicyclic) bond motifs is 2. The first-order valence-corrected chi connectivity index (χ1v) is 8.34. The normalized spacial score (nSPS) is 24.8. The number of carbonyl (C=O) groups excluding carboxylic acids is 1. The van der Waals surface area contributed by atoms with Gasteiger partial charge in [-0.2, -0.15) is 0 Å². The van der Waals surface area contributed by atoms with Gasteiger partial charge in [-0.1, -0.05) is 6.07 Å². The first kappa shape index (κ1) is 15.0. The van der Waals surface area contributed by atoms with Crippen molar-refractivity contribution in [1.29, 1.82) is 0 Å². The average Bonchev–Trinajstić information content (AvgIpc) is 3.18. The monoisotopic (exact) mass is 323 g/mol. The van der Waals surface area contributed by atoms with E-state index < -0.39 is 0 Å². The quantitative estimate of drug-likeness (QED) is 0.848. The third kappa shape index (κ3) is 3.08. The van der Waals surface area contributed by atoms with E-state index in [1.54, 1.807) is 18.2 Å². The van der Waals surface area contributed by atoms with Crippen LogP contribution in [-0.2, 0) is 0 Å². The summed E-state index contributed by atoms with van der Waals surface area (Å²) in [5, 5.41) is 3.17. The van der Waals surface area contributed by atoms with Crippen LogP contribution in [0.15, 0.2) is 48.5 Å². The number of benzene rings is 2. The molecule has 2 aliphatic heterocycles. The number of nitrogens with one attached hydrogen (secondary N) is 1. The van der Waals surface area contributed by atoms with Crippen molar-refractivity contribution in [3.8, 4) is 11.5 Å². The molecule has 0 saturated carbocycles. The molecule has 4 rings (SSSR count). The van der Waals surface area contributed by atoms with E-state index in [9.17, 15) is 4.79 Å². The van der Waals surface area contributed by atoms with Gasteiger partial charge in [-0.25, -0.2) is 0 Å². The third-order valence-electron chi connectivity index (χ3n) is 4.86. The van der Waals surface area contributed by atoms with Crippen LogP contribution in [0.4, 0.5) is 5.69 Å². The summed E-state index contributed by atoms with van der Waals surface area (Å²) in [7, 11) is 0. The van der Waals surface area contributed by atoms with Crippen LogP contribution in [0.1, 0.15) is 16.8 Å². The van der Waals surface area contributed by atoms with Crippen molar-refractivity contribution in [2.24, 2.45) is 5.92 Å². The number of carbonyl (C=O) groups is 1. The van der Waals surface area contributed by atoms with Crippen LogP contribution in [0.3, 0.4) is 0 Å². The molecule has 0 spiro atoms. The standard InChI is InChI=1S/C19H21N3O2/c20-15-2-1-3-17(10-15)24-16-6-4-13(5-7-16)19(23)21-18-12-22-9-8-14(18)11-22/h1-7,10,14,18H,8-9,11-12,20H2,(H,21,23). The molecule has 5 heteroatoms. The van der Waals surface area contributed by atoms with Crippen LogP contribution >= 0.6 is 0 Å². The molecular weight excluding hydrogens is 302 g/mol. The Hall–Kier alpha value is -2.53. The average molecular weight is 323 g/mol. The van der Waals surface area contributed by atoms with Gasteiger partial charge in [0.2, 0.25) is 0 Å². The third-order valence-corrected chi connectivity index (χ3v) is 4.86. The lowest BCUT2D eigenvalue weighted by molar-refractivity contribution is 0.0924. The molecule has 2 aliphatic rings. The highest BCUT2D eigenvalue weighted by molar-refractivity contribution is 5.94. The summed E-state index contributed by atoms with van der Waals surface area (Å²) in [4.78, 5) is 14.8. The highest BCUT2D eigenvalue weighted by Gasteiger charge is 2.38. The van der Waals surface area contributed by atoms with Gasteiger partial charge in [-0.05, 0) is 55.3 Å². The van der Waals surface area contributed by atoms with E-state index in [1.165, 1.54) is 13.0 Å². The maximum atomic E-state index is 12.4. The van der Waals surface area contributed by atoms with Gasteiger partial charge < -0.3 is 20.7 Å². The summed E-state index contributed by atoms with van der Waals surface area (Å²) in [6.45, 7) is 3.28. The van der Waals surface area contributed by atoms with Gasteiger partial charge in [0.05, 0.1) is 0 Å². The second-order valence-electron chi connectivity index (χ2n) is 6.59.